The summed E-state index contributed by atoms with van der Waals surface area (Å²) in [6.45, 7) is 8.04. The zero-order valence-electron chi connectivity index (χ0n) is 13.0. The van der Waals surface area contributed by atoms with Gasteiger partial charge in [-0.25, -0.2) is 4.21 Å². The van der Waals surface area contributed by atoms with E-state index < -0.39 is 11.0 Å². The van der Waals surface area contributed by atoms with Crippen molar-refractivity contribution in [2.45, 2.75) is 58.1 Å². The highest BCUT2D eigenvalue weighted by atomic mass is 32.2. The third kappa shape index (κ3) is 3.78. The molecule has 0 saturated heterocycles. The molecule has 3 heteroatoms. The van der Waals surface area contributed by atoms with Gasteiger partial charge in [0, 0.05) is 5.92 Å². The predicted molar refractivity (Wildman–Crippen MR) is 87.6 cm³/mol. The lowest BCUT2D eigenvalue weighted by atomic mass is 9.94. The van der Waals surface area contributed by atoms with E-state index in [1.54, 1.807) is 0 Å². The Labute approximate surface area is 125 Å². The zero-order valence-corrected chi connectivity index (χ0v) is 13.8. The largest absolute Gasteiger partial charge is 0.234 e. The molecule has 1 aromatic rings. The molecule has 1 unspecified atom stereocenters. The van der Waals surface area contributed by atoms with Gasteiger partial charge in [-0.05, 0) is 46.1 Å². The minimum Gasteiger partial charge on any atom is -0.234 e. The SMILES string of the molecule is Cc1cccc(C(=NS(=O)C(C)(C)C)C2CCCC2)c1. The summed E-state index contributed by atoms with van der Waals surface area (Å²) in [6.07, 6.45) is 4.87. The number of aryl methyl sites for hydroxylation is 1. The van der Waals surface area contributed by atoms with Gasteiger partial charge < -0.3 is 0 Å². The topological polar surface area (TPSA) is 29.4 Å². The van der Waals surface area contributed by atoms with E-state index in [4.69, 9.17) is 0 Å². The Bertz CT molecular complexity index is 522. The van der Waals surface area contributed by atoms with Gasteiger partial charge in [0.1, 0.15) is 11.0 Å². The monoisotopic (exact) mass is 291 g/mol. The van der Waals surface area contributed by atoms with Crippen LogP contribution in [0.3, 0.4) is 0 Å². The number of benzene rings is 1. The van der Waals surface area contributed by atoms with Gasteiger partial charge in [0.05, 0.1) is 10.5 Å². The smallest absolute Gasteiger partial charge is 0.145 e. The molecule has 1 aromatic carbocycles. The van der Waals surface area contributed by atoms with Crippen molar-refractivity contribution in [3.05, 3.63) is 35.4 Å². The van der Waals surface area contributed by atoms with Crippen molar-refractivity contribution in [1.82, 2.24) is 0 Å². The molecule has 1 aliphatic rings. The van der Waals surface area contributed by atoms with E-state index in [1.165, 1.54) is 31.2 Å². The van der Waals surface area contributed by atoms with Crippen LogP contribution >= 0.6 is 0 Å². The van der Waals surface area contributed by atoms with Crippen LogP contribution in [0.25, 0.3) is 0 Å². The summed E-state index contributed by atoms with van der Waals surface area (Å²) in [5.74, 6) is 0.475. The lowest BCUT2D eigenvalue weighted by Crippen LogP contribution is -2.23. The van der Waals surface area contributed by atoms with Crippen LogP contribution in [0.15, 0.2) is 28.7 Å². The van der Waals surface area contributed by atoms with Crippen molar-refractivity contribution in [2.75, 3.05) is 0 Å². The molecule has 0 heterocycles. The van der Waals surface area contributed by atoms with E-state index in [-0.39, 0.29) is 4.75 Å². The second kappa shape index (κ2) is 6.21. The minimum atomic E-state index is -1.18. The quantitative estimate of drug-likeness (QED) is 0.757. The van der Waals surface area contributed by atoms with Gasteiger partial charge in [-0.3, -0.25) is 0 Å². The Morgan fingerprint density at radius 1 is 1.25 bits per heavy atom. The molecular formula is C17H25NOS. The number of hydrogen-bond acceptors (Lipinski definition) is 1. The average Bonchev–Trinajstić information content (AvgIpc) is 2.88. The molecule has 1 fully saturated rings. The van der Waals surface area contributed by atoms with E-state index in [1.807, 2.05) is 20.8 Å². The molecule has 0 radical (unpaired) electrons. The molecule has 1 atom stereocenters. The lowest BCUT2D eigenvalue weighted by Gasteiger charge is -2.18. The fraction of sp³-hybridized carbons (Fsp3) is 0.588. The highest BCUT2D eigenvalue weighted by Gasteiger charge is 2.26. The van der Waals surface area contributed by atoms with Gasteiger partial charge in [0.2, 0.25) is 0 Å². The molecule has 0 aliphatic heterocycles. The van der Waals surface area contributed by atoms with Crippen LogP contribution in [-0.4, -0.2) is 14.7 Å². The molecule has 20 heavy (non-hydrogen) atoms. The second-order valence-electron chi connectivity index (χ2n) is 6.69. The molecule has 2 rings (SSSR count). The molecule has 1 saturated carbocycles. The van der Waals surface area contributed by atoms with Gasteiger partial charge in [0.25, 0.3) is 0 Å². The van der Waals surface area contributed by atoms with Crippen LogP contribution in [0.5, 0.6) is 0 Å². The molecule has 0 amide bonds. The van der Waals surface area contributed by atoms with Crippen molar-refractivity contribution >= 4 is 16.7 Å². The van der Waals surface area contributed by atoms with E-state index >= 15 is 0 Å². The maximum atomic E-state index is 12.4. The Balaban J connectivity index is 2.39. The van der Waals surface area contributed by atoms with Crippen molar-refractivity contribution < 1.29 is 4.21 Å². The Morgan fingerprint density at radius 2 is 1.90 bits per heavy atom. The first-order valence-corrected chi connectivity index (χ1v) is 8.56. The molecule has 1 aliphatic carbocycles. The first kappa shape index (κ1) is 15.4. The predicted octanol–water partition coefficient (Wildman–Crippen LogP) is 4.44. The second-order valence-corrected chi connectivity index (χ2v) is 8.59. The fourth-order valence-corrected chi connectivity index (χ4v) is 3.30. The summed E-state index contributed by atoms with van der Waals surface area (Å²) < 4.78 is 16.7. The summed E-state index contributed by atoms with van der Waals surface area (Å²) in [7, 11) is -1.18. The third-order valence-electron chi connectivity index (χ3n) is 3.76. The van der Waals surface area contributed by atoms with Crippen LogP contribution < -0.4 is 0 Å². The van der Waals surface area contributed by atoms with Crippen LogP contribution in [0.2, 0.25) is 0 Å². The van der Waals surface area contributed by atoms with Crippen molar-refractivity contribution in [2.24, 2.45) is 10.3 Å². The highest BCUT2D eigenvalue weighted by Crippen LogP contribution is 2.30. The maximum absolute atomic E-state index is 12.4. The van der Waals surface area contributed by atoms with E-state index in [0.717, 1.165) is 11.3 Å². The minimum absolute atomic E-state index is 0.298. The molecular weight excluding hydrogens is 266 g/mol. The van der Waals surface area contributed by atoms with Gasteiger partial charge >= 0.3 is 0 Å². The van der Waals surface area contributed by atoms with E-state index in [2.05, 4.69) is 35.6 Å². The summed E-state index contributed by atoms with van der Waals surface area (Å²) in [6, 6.07) is 8.42. The first-order chi connectivity index (χ1) is 9.38. The van der Waals surface area contributed by atoms with Crippen LogP contribution in [0.1, 0.15) is 57.6 Å². The summed E-state index contributed by atoms with van der Waals surface area (Å²) in [4.78, 5) is 0. The van der Waals surface area contributed by atoms with Crippen molar-refractivity contribution in [1.29, 1.82) is 0 Å². The number of nitrogens with zero attached hydrogens (tertiary/aromatic N) is 1. The molecule has 0 bridgehead atoms. The van der Waals surface area contributed by atoms with Gasteiger partial charge in [0.15, 0.2) is 0 Å². The normalized spacial score (nSPS) is 19.3. The third-order valence-corrected chi connectivity index (χ3v) is 5.17. The first-order valence-electron chi connectivity index (χ1n) is 7.45. The van der Waals surface area contributed by atoms with Gasteiger partial charge in [-0.1, -0.05) is 42.7 Å². The molecule has 2 nitrogen and oxygen atoms in total. The highest BCUT2D eigenvalue weighted by molar-refractivity contribution is 7.85. The Hall–Kier alpha value is -0.960. The maximum Gasteiger partial charge on any atom is 0.145 e. The number of hydrogen-bond donors (Lipinski definition) is 0. The van der Waals surface area contributed by atoms with Crippen molar-refractivity contribution in [3.63, 3.8) is 0 Å². The lowest BCUT2D eigenvalue weighted by molar-refractivity contribution is 0.649. The standard InChI is InChI=1S/C17H25NOS/c1-13-8-7-11-15(12-13)16(14-9-5-6-10-14)18-20(19)17(2,3)4/h7-8,11-12,14H,5-6,9-10H2,1-4H3. The van der Waals surface area contributed by atoms with Gasteiger partial charge in [-0.2, -0.15) is 4.40 Å². The summed E-state index contributed by atoms with van der Waals surface area (Å²) in [5, 5.41) is 0. The van der Waals surface area contributed by atoms with Gasteiger partial charge in [-0.15, -0.1) is 0 Å². The van der Waals surface area contributed by atoms with Crippen LogP contribution in [0.4, 0.5) is 0 Å². The van der Waals surface area contributed by atoms with Crippen molar-refractivity contribution in [3.8, 4) is 0 Å². The zero-order chi connectivity index (χ0) is 14.8. The molecule has 0 N–H and O–H groups in total. The Kier molecular flexibility index (Phi) is 4.79. The average molecular weight is 291 g/mol. The summed E-state index contributed by atoms with van der Waals surface area (Å²) in [5.41, 5.74) is 3.43. The molecule has 0 spiro atoms. The fourth-order valence-electron chi connectivity index (χ4n) is 2.59. The molecule has 0 aromatic heterocycles. The molecule has 110 valence electrons. The number of rotatable bonds is 3. The van der Waals surface area contributed by atoms with Crippen LogP contribution in [0, 0.1) is 12.8 Å². The van der Waals surface area contributed by atoms with Crippen LogP contribution in [-0.2, 0) is 11.0 Å². The van der Waals surface area contributed by atoms with E-state index in [9.17, 15) is 4.21 Å². The summed E-state index contributed by atoms with van der Waals surface area (Å²) >= 11 is 0. The Morgan fingerprint density at radius 3 is 2.45 bits per heavy atom. The van der Waals surface area contributed by atoms with E-state index in [0.29, 0.717) is 5.92 Å².